The number of aliphatic hydroxyl groups excluding tert-OH is 1. The molecule has 2 rings (SSSR count). The number of rotatable bonds is 5. The Hall–Kier alpha value is -2.54. The SMILES string of the molecule is COc1ccccc1C(O)CNC(=O)Nc1cn[nH]c1. The Labute approximate surface area is 116 Å². The van der Waals surface area contributed by atoms with Crippen LogP contribution in [0, 0.1) is 0 Å². The minimum atomic E-state index is -0.846. The number of urea groups is 1. The highest BCUT2D eigenvalue weighted by Crippen LogP contribution is 2.23. The van der Waals surface area contributed by atoms with Gasteiger partial charge in [-0.05, 0) is 6.07 Å². The Morgan fingerprint density at radius 2 is 2.30 bits per heavy atom. The van der Waals surface area contributed by atoms with Gasteiger partial charge in [-0.25, -0.2) is 4.79 Å². The van der Waals surface area contributed by atoms with Crippen LogP contribution in [0.5, 0.6) is 5.75 Å². The summed E-state index contributed by atoms with van der Waals surface area (Å²) in [7, 11) is 1.53. The molecule has 1 unspecified atom stereocenters. The lowest BCUT2D eigenvalue weighted by molar-refractivity contribution is 0.171. The molecule has 0 aliphatic heterocycles. The van der Waals surface area contributed by atoms with Crippen molar-refractivity contribution in [2.24, 2.45) is 0 Å². The number of amides is 2. The maximum absolute atomic E-state index is 11.6. The van der Waals surface area contributed by atoms with E-state index in [1.54, 1.807) is 24.4 Å². The first-order chi connectivity index (χ1) is 9.70. The van der Waals surface area contributed by atoms with Gasteiger partial charge in [-0.15, -0.1) is 0 Å². The molecule has 1 heterocycles. The van der Waals surface area contributed by atoms with E-state index >= 15 is 0 Å². The van der Waals surface area contributed by atoms with Crippen LogP contribution in [0.2, 0.25) is 0 Å². The molecule has 1 atom stereocenters. The number of anilines is 1. The van der Waals surface area contributed by atoms with Crippen molar-refractivity contribution >= 4 is 11.7 Å². The minimum Gasteiger partial charge on any atom is -0.496 e. The maximum atomic E-state index is 11.6. The third kappa shape index (κ3) is 3.48. The predicted octanol–water partition coefficient (Wildman–Crippen LogP) is 1.27. The van der Waals surface area contributed by atoms with E-state index in [0.717, 1.165) is 0 Å². The monoisotopic (exact) mass is 276 g/mol. The van der Waals surface area contributed by atoms with Gasteiger partial charge in [-0.2, -0.15) is 5.10 Å². The number of nitrogens with zero attached hydrogens (tertiary/aromatic N) is 1. The second-order valence-electron chi connectivity index (χ2n) is 4.08. The van der Waals surface area contributed by atoms with E-state index < -0.39 is 12.1 Å². The van der Waals surface area contributed by atoms with Crippen LogP contribution in [-0.4, -0.2) is 35.0 Å². The fraction of sp³-hybridized carbons (Fsp3) is 0.231. The number of ether oxygens (including phenoxy) is 1. The van der Waals surface area contributed by atoms with Crippen LogP contribution in [0.15, 0.2) is 36.7 Å². The topological polar surface area (TPSA) is 99.3 Å². The molecule has 1 aromatic carbocycles. The van der Waals surface area contributed by atoms with Crippen LogP contribution >= 0.6 is 0 Å². The largest absolute Gasteiger partial charge is 0.496 e. The predicted molar refractivity (Wildman–Crippen MR) is 73.6 cm³/mol. The number of methoxy groups -OCH3 is 1. The highest BCUT2D eigenvalue weighted by atomic mass is 16.5. The molecule has 0 fully saturated rings. The van der Waals surface area contributed by atoms with E-state index in [9.17, 15) is 9.90 Å². The minimum absolute atomic E-state index is 0.0735. The van der Waals surface area contributed by atoms with Crippen LogP contribution in [0.1, 0.15) is 11.7 Å². The highest BCUT2D eigenvalue weighted by molar-refractivity contribution is 5.88. The molecule has 0 radical (unpaired) electrons. The zero-order valence-electron chi connectivity index (χ0n) is 11.0. The highest BCUT2D eigenvalue weighted by Gasteiger charge is 2.13. The number of para-hydroxylation sites is 1. The van der Waals surface area contributed by atoms with Crippen molar-refractivity contribution in [3.63, 3.8) is 0 Å². The van der Waals surface area contributed by atoms with Gasteiger partial charge in [0.05, 0.1) is 25.1 Å². The molecule has 1 aromatic heterocycles. The van der Waals surface area contributed by atoms with Gasteiger partial charge >= 0.3 is 6.03 Å². The molecule has 7 nitrogen and oxygen atoms in total. The molecular weight excluding hydrogens is 260 g/mol. The van der Waals surface area contributed by atoms with Gasteiger partial charge < -0.3 is 20.5 Å². The van der Waals surface area contributed by atoms with Crippen LogP contribution in [-0.2, 0) is 0 Å². The van der Waals surface area contributed by atoms with Crippen LogP contribution < -0.4 is 15.4 Å². The Kier molecular flexibility index (Phi) is 4.56. The van der Waals surface area contributed by atoms with Crippen LogP contribution in [0.4, 0.5) is 10.5 Å². The number of hydrogen-bond donors (Lipinski definition) is 4. The van der Waals surface area contributed by atoms with Crippen LogP contribution in [0.3, 0.4) is 0 Å². The number of nitrogens with one attached hydrogen (secondary N) is 3. The molecule has 7 heteroatoms. The molecule has 20 heavy (non-hydrogen) atoms. The summed E-state index contributed by atoms with van der Waals surface area (Å²) in [6, 6.07) is 6.70. The Balaban J connectivity index is 1.88. The lowest BCUT2D eigenvalue weighted by Gasteiger charge is -2.15. The second kappa shape index (κ2) is 6.58. The number of hydrogen-bond acceptors (Lipinski definition) is 4. The summed E-state index contributed by atoms with van der Waals surface area (Å²) in [5, 5.41) is 21.5. The lowest BCUT2D eigenvalue weighted by Crippen LogP contribution is -2.32. The van der Waals surface area contributed by atoms with Gasteiger partial charge in [-0.1, -0.05) is 18.2 Å². The lowest BCUT2D eigenvalue weighted by atomic mass is 10.1. The van der Waals surface area contributed by atoms with Crippen molar-refractivity contribution in [3.05, 3.63) is 42.2 Å². The van der Waals surface area contributed by atoms with Gasteiger partial charge in [0.1, 0.15) is 5.75 Å². The molecule has 0 aliphatic rings. The summed E-state index contributed by atoms with van der Waals surface area (Å²) >= 11 is 0. The molecular formula is C13H16N4O3. The Morgan fingerprint density at radius 1 is 1.50 bits per heavy atom. The number of H-pyrrole nitrogens is 1. The maximum Gasteiger partial charge on any atom is 0.319 e. The number of aliphatic hydroxyl groups is 1. The molecule has 0 bridgehead atoms. The van der Waals surface area contributed by atoms with E-state index in [1.807, 2.05) is 6.07 Å². The number of carbonyl (C=O) groups excluding carboxylic acids is 1. The van der Waals surface area contributed by atoms with E-state index in [-0.39, 0.29) is 6.54 Å². The third-order valence-corrected chi connectivity index (χ3v) is 2.71. The number of aromatic nitrogens is 2. The molecule has 0 saturated carbocycles. The van der Waals surface area contributed by atoms with Crippen molar-refractivity contribution in [2.45, 2.75) is 6.10 Å². The molecule has 0 spiro atoms. The fourth-order valence-corrected chi connectivity index (χ4v) is 1.74. The number of carbonyl (C=O) groups is 1. The quantitative estimate of drug-likeness (QED) is 0.661. The van der Waals surface area contributed by atoms with Crippen molar-refractivity contribution in [3.8, 4) is 5.75 Å². The average Bonchev–Trinajstić information content (AvgIpc) is 2.97. The van der Waals surface area contributed by atoms with Crippen LogP contribution in [0.25, 0.3) is 0 Å². The van der Waals surface area contributed by atoms with Crippen molar-refractivity contribution in [2.75, 3.05) is 19.0 Å². The van der Waals surface area contributed by atoms with Gasteiger partial charge in [0.25, 0.3) is 0 Å². The zero-order chi connectivity index (χ0) is 14.4. The van der Waals surface area contributed by atoms with Crippen molar-refractivity contribution < 1.29 is 14.6 Å². The van der Waals surface area contributed by atoms with E-state index in [4.69, 9.17) is 4.74 Å². The second-order valence-corrected chi connectivity index (χ2v) is 4.08. The Morgan fingerprint density at radius 3 is 3.00 bits per heavy atom. The van der Waals surface area contributed by atoms with E-state index in [1.165, 1.54) is 13.3 Å². The average molecular weight is 276 g/mol. The first kappa shape index (κ1) is 13.9. The molecule has 106 valence electrons. The summed E-state index contributed by atoms with van der Waals surface area (Å²) in [4.78, 5) is 11.6. The summed E-state index contributed by atoms with van der Waals surface area (Å²) in [5.41, 5.74) is 1.17. The summed E-state index contributed by atoms with van der Waals surface area (Å²) in [5.74, 6) is 0.581. The first-order valence-corrected chi connectivity index (χ1v) is 6.05. The standard InChI is InChI=1S/C13H16N4O3/c1-20-12-5-3-2-4-10(12)11(18)8-14-13(19)17-9-6-15-16-7-9/h2-7,11,18H,8H2,1H3,(H,15,16)(H2,14,17,19). The molecule has 0 aliphatic carbocycles. The third-order valence-electron chi connectivity index (χ3n) is 2.71. The van der Waals surface area contributed by atoms with Gasteiger partial charge in [0.2, 0.25) is 0 Å². The first-order valence-electron chi connectivity index (χ1n) is 6.05. The van der Waals surface area contributed by atoms with Crippen molar-refractivity contribution in [1.29, 1.82) is 0 Å². The summed E-state index contributed by atoms with van der Waals surface area (Å²) in [6.07, 6.45) is 2.19. The smallest absolute Gasteiger partial charge is 0.319 e. The van der Waals surface area contributed by atoms with Crippen molar-refractivity contribution in [1.82, 2.24) is 15.5 Å². The fourth-order valence-electron chi connectivity index (χ4n) is 1.74. The van der Waals surface area contributed by atoms with E-state index in [0.29, 0.717) is 17.0 Å². The van der Waals surface area contributed by atoms with Gasteiger partial charge in [0.15, 0.2) is 0 Å². The van der Waals surface area contributed by atoms with E-state index in [2.05, 4.69) is 20.8 Å². The zero-order valence-corrected chi connectivity index (χ0v) is 11.0. The van der Waals surface area contributed by atoms with Gasteiger partial charge in [-0.3, -0.25) is 5.10 Å². The number of aromatic amines is 1. The molecule has 2 aromatic rings. The Bertz CT molecular complexity index is 557. The normalized spacial score (nSPS) is 11.7. The molecule has 0 saturated heterocycles. The summed E-state index contributed by atoms with van der Waals surface area (Å²) < 4.78 is 5.16. The molecule has 2 amide bonds. The summed E-state index contributed by atoms with van der Waals surface area (Å²) in [6.45, 7) is 0.0735. The molecule has 4 N–H and O–H groups in total. The van der Waals surface area contributed by atoms with Gasteiger partial charge in [0, 0.05) is 18.3 Å². The number of benzene rings is 1.